The van der Waals surface area contributed by atoms with Crippen LogP contribution in [0.25, 0.3) is 11.0 Å². The first-order valence-corrected chi connectivity index (χ1v) is 6.58. The molecule has 7 heteroatoms. The van der Waals surface area contributed by atoms with Crippen molar-refractivity contribution in [3.05, 3.63) is 22.4 Å². The Kier molecular flexibility index (Phi) is 3.75. The summed E-state index contributed by atoms with van der Waals surface area (Å²) in [5, 5.41) is 0. The number of imidazole rings is 1. The third-order valence-electron chi connectivity index (χ3n) is 3.01. The van der Waals surface area contributed by atoms with Gasteiger partial charge in [0.1, 0.15) is 12.4 Å². The molecule has 2 aromatic rings. The largest absolute Gasteiger partial charge is 0.369 e. The molecular formula is C12H14BrFN4O. The SMILES string of the molecule is CCN(C)C(=O)Cn1c(N)nc2cc(Br)c(F)cc21. The highest BCUT2D eigenvalue weighted by molar-refractivity contribution is 9.10. The minimum atomic E-state index is -0.412. The van der Waals surface area contributed by atoms with E-state index in [1.165, 1.54) is 10.6 Å². The number of hydrogen-bond acceptors (Lipinski definition) is 3. The molecule has 102 valence electrons. The molecule has 0 aliphatic carbocycles. The van der Waals surface area contributed by atoms with Crippen LogP contribution in [0.4, 0.5) is 10.3 Å². The van der Waals surface area contributed by atoms with E-state index in [4.69, 9.17) is 5.73 Å². The fraction of sp³-hybridized carbons (Fsp3) is 0.333. The zero-order chi connectivity index (χ0) is 14.2. The minimum Gasteiger partial charge on any atom is -0.369 e. The molecule has 0 aliphatic heterocycles. The number of nitrogens with zero attached hydrogens (tertiary/aromatic N) is 3. The predicted molar refractivity (Wildman–Crippen MR) is 75.1 cm³/mol. The highest BCUT2D eigenvalue weighted by Gasteiger charge is 2.15. The van der Waals surface area contributed by atoms with E-state index in [-0.39, 0.29) is 18.4 Å². The lowest BCUT2D eigenvalue weighted by Crippen LogP contribution is -2.30. The van der Waals surface area contributed by atoms with Gasteiger partial charge in [0.25, 0.3) is 0 Å². The highest BCUT2D eigenvalue weighted by Crippen LogP contribution is 2.25. The smallest absolute Gasteiger partial charge is 0.242 e. The van der Waals surface area contributed by atoms with Gasteiger partial charge in [-0.05, 0) is 28.9 Å². The molecule has 1 heterocycles. The summed E-state index contributed by atoms with van der Waals surface area (Å²) in [4.78, 5) is 17.6. The van der Waals surface area contributed by atoms with Crippen molar-refractivity contribution in [3.8, 4) is 0 Å². The summed E-state index contributed by atoms with van der Waals surface area (Å²) in [6.45, 7) is 2.53. The lowest BCUT2D eigenvalue weighted by molar-refractivity contribution is -0.130. The first-order chi connectivity index (χ1) is 8.93. The number of carbonyl (C=O) groups is 1. The molecule has 19 heavy (non-hydrogen) atoms. The van der Waals surface area contributed by atoms with Crippen LogP contribution in [0.2, 0.25) is 0 Å². The van der Waals surface area contributed by atoms with Gasteiger partial charge in [0, 0.05) is 19.7 Å². The predicted octanol–water partition coefficient (Wildman–Crippen LogP) is 2.00. The zero-order valence-electron chi connectivity index (χ0n) is 10.7. The number of likely N-dealkylation sites (N-methyl/N-ethyl adjacent to an activating group) is 1. The van der Waals surface area contributed by atoms with Crippen LogP contribution in [-0.2, 0) is 11.3 Å². The van der Waals surface area contributed by atoms with E-state index >= 15 is 0 Å². The maximum Gasteiger partial charge on any atom is 0.242 e. The van der Waals surface area contributed by atoms with Crippen molar-refractivity contribution in [2.75, 3.05) is 19.3 Å². The highest BCUT2D eigenvalue weighted by atomic mass is 79.9. The van der Waals surface area contributed by atoms with E-state index in [0.29, 0.717) is 22.1 Å². The molecular weight excluding hydrogens is 315 g/mol. The average Bonchev–Trinajstić information content (AvgIpc) is 2.65. The molecule has 0 saturated heterocycles. The Morgan fingerprint density at radius 3 is 2.89 bits per heavy atom. The normalized spacial score (nSPS) is 10.9. The molecule has 1 amide bonds. The number of nitrogens with two attached hydrogens (primary N) is 1. The van der Waals surface area contributed by atoms with Crippen molar-refractivity contribution in [1.82, 2.24) is 14.5 Å². The molecule has 1 aromatic heterocycles. The van der Waals surface area contributed by atoms with E-state index in [0.717, 1.165) is 0 Å². The summed E-state index contributed by atoms with van der Waals surface area (Å²) >= 11 is 3.10. The average molecular weight is 329 g/mol. The number of nitrogen functional groups attached to an aromatic ring is 1. The maximum absolute atomic E-state index is 13.6. The molecule has 2 N–H and O–H groups in total. The van der Waals surface area contributed by atoms with E-state index in [1.807, 2.05) is 6.92 Å². The molecule has 0 atom stereocenters. The van der Waals surface area contributed by atoms with E-state index < -0.39 is 5.82 Å². The standard InChI is InChI=1S/C12H14BrFN4O/c1-3-17(2)11(19)6-18-10-5-8(14)7(13)4-9(10)16-12(18)15/h4-5H,3,6H2,1-2H3,(H2,15,16). The summed E-state index contributed by atoms with van der Waals surface area (Å²) in [7, 11) is 1.70. The van der Waals surface area contributed by atoms with E-state index in [1.54, 1.807) is 18.0 Å². The summed E-state index contributed by atoms with van der Waals surface area (Å²) in [5.41, 5.74) is 6.85. The Labute approximate surface area is 118 Å². The van der Waals surface area contributed by atoms with Crippen molar-refractivity contribution in [3.63, 3.8) is 0 Å². The third-order valence-corrected chi connectivity index (χ3v) is 3.62. The Morgan fingerprint density at radius 1 is 1.58 bits per heavy atom. The monoisotopic (exact) mass is 328 g/mol. The van der Waals surface area contributed by atoms with Crippen molar-refractivity contribution in [1.29, 1.82) is 0 Å². The number of rotatable bonds is 3. The number of halogens is 2. The summed E-state index contributed by atoms with van der Waals surface area (Å²) in [5.74, 6) is -0.313. The van der Waals surface area contributed by atoms with Crippen molar-refractivity contribution in [2.24, 2.45) is 0 Å². The number of carbonyl (C=O) groups excluding carboxylic acids is 1. The summed E-state index contributed by atoms with van der Waals surface area (Å²) in [6, 6.07) is 2.87. The molecule has 1 aromatic carbocycles. The van der Waals surface area contributed by atoms with Crippen LogP contribution in [-0.4, -0.2) is 34.0 Å². The van der Waals surface area contributed by atoms with Gasteiger partial charge in [0.05, 0.1) is 15.5 Å². The molecule has 0 radical (unpaired) electrons. The zero-order valence-corrected chi connectivity index (χ0v) is 12.2. The minimum absolute atomic E-state index is 0.0494. The van der Waals surface area contributed by atoms with Crippen molar-refractivity contribution >= 4 is 38.8 Å². The van der Waals surface area contributed by atoms with Gasteiger partial charge >= 0.3 is 0 Å². The Balaban J connectivity index is 2.45. The second-order valence-corrected chi connectivity index (χ2v) is 5.07. The lowest BCUT2D eigenvalue weighted by Gasteiger charge is -2.15. The molecule has 0 fully saturated rings. The molecule has 0 unspecified atom stereocenters. The quantitative estimate of drug-likeness (QED) is 0.937. The van der Waals surface area contributed by atoms with Gasteiger partial charge in [0.15, 0.2) is 0 Å². The van der Waals surface area contributed by atoms with Crippen LogP contribution in [0.1, 0.15) is 6.92 Å². The first-order valence-electron chi connectivity index (χ1n) is 5.78. The number of fused-ring (bicyclic) bond motifs is 1. The van der Waals surface area contributed by atoms with E-state index in [2.05, 4.69) is 20.9 Å². The first kappa shape index (κ1) is 13.8. The van der Waals surface area contributed by atoms with Gasteiger partial charge in [-0.1, -0.05) is 0 Å². The van der Waals surface area contributed by atoms with Gasteiger partial charge in [-0.15, -0.1) is 0 Å². The Hall–Kier alpha value is -1.63. The van der Waals surface area contributed by atoms with Crippen LogP contribution in [0.15, 0.2) is 16.6 Å². The van der Waals surface area contributed by atoms with Crippen LogP contribution in [0.3, 0.4) is 0 Å². The summed E-state index contributed by atoms with van der Waals surface area (Å²) in [6.07, 6.45) is 0. The van der Waals surface area contributed by atoms with Crippen molar-refractivity contribution in [2.45, 2.75) is 13.5 Å². The molecule has 0 spiro atoms. The van der Waals surface area contributed by atoms with Gasteiger partial charge in [-0.25, -0.2) is 9.37 Å². The van der Waals surface area contributed by atoms with E-state index in [9.17, 15) is 9.18 Å². The maximum atomic E-state index is 13.6. The Morgan fingerprint density at radius 2 is 2.26 bits per heavy atom. The van der Waals surface area contributed by atoms with Crippen LogP contribution in [0, 0.1) is 5.82 Å². The fourth-order valence-electron chi connectivity index (χ4n) is 1.74. The molecule has 0 saturated carbocycles. The lowest BCUT2D eigenvalue weighted by atomic mass is 10.3. The molecule has 2 rings (SSSR count). The molecule has 5 nitrogen and oxygen atoms in total. The van der Waals surface area contributed by atoms with Gasteiger partial charge in [0.2, 0.25) is 11.9 Å². The second-order valence-electron chi connectivity index (χ2n) is 4.22. The number of amides is 1. The number of aromatic nitrogens is 2. The van der Waals surface area contributed by atoms with Gasteiger partial charge in [-0.3, -0.25) is 4.79 Å². The van der Waals surface area contributed by atoms with Crippen LogP contribution in [0.5, 0.6) is 0 Å². The number of hydrogen-bond donors (Lipinski definition) is 1. The van der Waals surface area contributed by atoms with Gasteiger partial charge in [-0.2, -0.15) is 0 Å². The van der Waals surface area contributed by atoms with Crippen LogP contribution >= 0.6 is 15.9 Å². The molecule has 0 aliphatic rings. The number of benzene rings is 1. The van der Waals surface area contributed by atoms with Crippen LogP contribution < -0.4 is 5.73 Å². The second kappa shape index (κ2) is 5.16. The topological polar surface area (TPSA) is 64.2 Å². The third kappa shape index (κ3) is 2.56. The van der Waals surface area contributed by atoms with Gasteiger partial charge < -0.3 is 15.2 Å². The van der Waals surface area contributed by atoms with Crippen molar-refractivity contribution < 1.29 is 9.18 Å². The Bertz CT molecular complexity index is 640. The molecule has 0 bridgehead atoms. The summed E-state index contributed by atoms with van der Waals surface area (Å²) < 4.78 is 15.4. The number of anilines is 1. The fourth-order valence-corrected chi connectivity index (χ4v) is 2.07.